The number of aryl methyl sites for hydroxylation is 1. The van der Waals surface area contributed by atoms with Crippen LogP contribution in [-0.2, 0) is 16.1 Å². The van der Waals surface area contributed by atoms with Crippen molar-refractivity contribution in [2.24, 2.45) is 0 Å². The zero-order valence-electron chi connectivity index (χ0n) is 21.5. The second-order valence-electron chi connectivity index (χ2n) is 8.67. The van der Waals surface area contributed by atoms with E-state index >= 15 is 0 Å². The maximum atomic E-state index is 13.4. The normalized spacial score (nSPS) is 11.6. The molecule has 0 saturated heterocycles. The molecule has 3 aromatic rings. The number of aliphatic carboxylic acids is 1. The Kier molecular flexibility index (Phi) is 11.3. The minimum Gasteiger partial charge on any atom is -0.480 e. The van der Waals surface area contributed by atoms with E-state index in [4.69, 9.17) is 32.7 Å². The largest absolute Gasteiger partial charge is 0.480 e. The summed E-state index contributed by atoms with van der Waals surface area (Å²) in [5.74, 6) is 0.656. The molecule has 0 bridgehead atoms. The lowest BCUT2D eigenvalue weighted by Crippen LogP contribution is -2.47. The molecule has 0 aliphatic heterocycles. The number of carbonyl (C=O) groups is 2. The number of carboxylic acid groups (broad SMARTS) is 1. The molecule has 0 radical (unpaired) electrons. The predicted molar refractivity (Wildman–Crippen MR) is 151 cm³/mol. The number of nitrogens with zero attached hydrogens (tertiary/aromatic N) is 2. The van der Waals surface area contributed by atoms with Gasteiger partial charge in [-0.15, -0.1) is 23.2 Å². The molecule has 3 rings (SSSR count). The Morgan fingerprint density at radius 1 is 0.921 bits per heavy atom. The molecule has 0 aliphatic carbocycles. The predicted octanol–water partition coefficient (Wildman–Crippen LogP) is 5.81. The number of ether oxygens (including phenoxy) is 2. The lowest BCUT2D eigenvalue weighted by atomic mass is 10.1. The van der Waals surface area contributed by atoms with E-state index in [1.807, 2.05) is 55.5 Å². The molecule has 1 amide bonds. The van der Waals surface area contributed by atoms with Gasteiger partial charge in [0.25, 0.3) is 5.91 Å². The van der Waals surface area contributed by atoms with Crippen LogP contribution >= 0.6 is 23.2 Å². The highest BCUT2D eigenvalue weighted by atomic mass is 35.5. The van der Waals surface area contributed by atoms with Crippen molar-refractivity contribution in [2.75, 3.05) is 43.5 Å². The molecule has 0 saturated carbocycles. The minimum absolute atomic E-state index is 0.127. The zero-order chi connectivity index (χ0) is 27.5. The fraction of sp³-hybridized carbons (Fsp3) is 0.310. The molecule has 0 unspecified atom stereocenters. The fourth-order valence-electron chi connectivity index (χ4n) is 4.13. The summed E-state index contributed by atoms with van der Waals surface area (Å²) >= 11 is 11.9. The van der Waals surface area contributed by atoms with E-state index in [1.165, 1.54) is 12.0 Å². The van der Waals surface area contributed by atoms with E-state index in [-0.39, 0.29) is 13.2 Å². The standard InChI is InChI=1S/C29H32Cl2N2O5/c1-21-18-25(12-13-26(21)32(16-14-30)17-15-31)38-24-10-8-23(9-11-24)28(34)33(27(20-37-2)29(35)36)19-22-6-4-3-5-7-22/h3-13,18,27H,14-17,19-20H2,1-2H3,(H,35,36)/t27-/m0/s1. The fourth-order valence-corrected chi connectivity index (χ4v) is 4.53. The number of amides is 1. The molecule has 7 nitrogen and oxygen atoms in total. The summed E-state index contributed by atoms with van der Waals surface area (Å²) in [6.07, 6.45) is 0. The van der Waals surface area contributed by atoms with Crippen molar-refractivity contribution in [1.82, 2.24) is 4.90 Å². The van der Waals surface area contributed by atoms with Gasteiger partial charge in [0.05, 0.1) is 6.61 Å². The Morgan fingerprint density at radius 2 is 1.55 bits per heavy atom. The molecule has 3 aromatic carbocycles. The van der Waals surface area contributed by atoms with Gasteiger partial charge in [-0.1, -0.05) is 30.3 Å². The molecule has 202 valence electrons. The molecule has 0 spiro atoms. The topological polar surface area (TPSA) is 79.3 Å². The summed E-state index contributed by atoms with van der Waals surface area (Å²) in [4.78, 5) is 28.9. The molecule has 1 N–H and O–H groups in total. The highest BCUT2D eigenvalue weighted by molar-refractivity contribution is 6.18. The van der Waals surface area contributed by atoms with Gasteiger partial charge in [-0.2, -0.15) is 0 Å². The van der Waals surface area contributed by atoms with Crippen LogP contribution in [0, 0.1) is 6.92 Å². The maximum Gasteiger partial charge on any atom is 0.328 e. The number of halogens is 2. The third kappa shape index (κ3) is 7.87. The third-order valence-corrected chi connectivity index (χ3v) is 6.34. The molecule has 0 aromatic heterocycles. The van der Waals surface area contributed by atoms with Gasteiger partial charge >= 0.3 is 5.97 Å². The average molecular weight is 559 g/mol. The van der Waals surface area contributed by atoms with Gasteiger partial charge in [-0.3, -0.25) is 4.79 Å². The number of anilines is 1. The number of hydrogen-bond acceptors (Lipinski definition) is 5. The molecular formula is C29H32Cl2N2O5. The van der Waals surface area contributed by atoms with E-state index in [9.17, 15) is 14.7 Å². The van der Waals surface area contributed by atoms with Gasteiger partial charge in [-0.25, -0.2) is 4.79 Å². The first kappa shape index (κ1) is 29.3. The van der Waals surface area contributed by atoms with Crippen LogP contribution in [0.3, 0.4) is 0 Å². The molecule has 9 heteroatoms. The van der Waals surface area contributed by atoms with E-state index in [2.05, 4.69) is 4.90 Å². The Morgan fingerprint density at radius 3 is 2.11 bits per heavy atom. The van der Waals surface area contributed by atoms with E-state index in [1.54, 1.807) is 24.3 Å². The van der Waals surface area contributed by atoms with Crippen molar-refractivity contribution in [3.8, 4) is 11.5 Å². The monoisotopic (exact) mass is 558 g/mol. The third-order valence-electron chi connectivity index (χ3n) is 6.00. The van der Waals surface area contributed by atoms with E-state index in [0.29, 0.717) is 41.9 Å². The van der Waals surface area contributed by atoms with Crippen molar-refractivity contribution in [1.29, 1.82) is 0 Å². The van der Waals surface area contributed by atoms with Crippen molar-refractivity contribution in [3.05, 3.63) is 89.5 Å². The van der Waals surface area contributed by atoms with Gasteiger partial charge in [0.15, 0.2) is 6.04 Å². The lowest BCUT2D eigenvalue weighted by Gasteiger charge is -2.29. The summed E-state index contributed by atoms with van der Waals surface area (Å²) in [6.45, 7) is 3.39. The first-order chi connectivity index (χ1) is 18.4. The number of carbonyl (C=O) groups excluding carboxylic acids is 1. The van der Waals surface area contributed by atoms with Crippen molar-refractivity contribution >= 4 is 40.8 Å². The highest BCUT2D eigenvalue weighted by Gasteiger charge is 2.30. The van der Waals surface area contributed by atoms with Crippen LogP contribution in [0.5, 0.6) is 11.5 Å². The van der Waals surface area contributed by atoms with E-state index in [0.717, 1.165) is 16.8 Å². The van der Waals surface area contributed by atoms with Crippen LogP contribution in [0.4, 0.5) is 5.69 Å². The first-order valence-corrected chi connectivity index (χ1v) is 13.3. The first-order valence-electron chi connectivity index (χ1n) is 12.2. The van der Waals surface area contributed by atoms with Gasteiger partial charge < -0.3 is 24.4 Å². The van der Waals surface area contributed by atoms with Gasteiger partial charge in [-0.05, 0) is 60.5 Å². The smallest absolute Gasteiger partial charge is 0.328 e. The van der Waals surface area contributed by atoms with Crippen LogP contribution in [0.15, 0.2) is 72.8 Å². The maximum absolute atomic E-state index is 13.4. The molecular weight excluding hydrogens is 527 g/mol. The van der Waals surface area contributed by atoms with Crippen LogP contribution in [0.2, 0.25) is 0 Å². The number of rotatable bonds is 14. The molecule has 38 heavy (non-hydrogen) atoms. The average Bonchev–Trinajstić information content (AvgIpc) is 2.91. The Hall–Kier alpha value is -3.26. The van der Waals surface area contributed by atoms with Crippen LogP contribution in [0.25, 0.3) is 0 Å². The van der Waals surface area contributed by atoms with E-state index < -0.39 is 17.9 Å². The SMILES string of the molecule is COC[C@@H](C(=O)O)N(Cc1ccccc1)C(=O)c1ccc(Oc2ccc(N(CCCl)CCCl)c(C)c2)cc1. The summed E-state index contributed by atoms with van der Waals surface area (Å²) in [6, 6.07) is 20.5. The quantitative estimate of drug-likeness (QED) is 0.251. The second kappa shape index (κ2) is 14.6. The summed E-state index contributed by atoms with van der Waals surface area (Å²) in [5.41, 5.74) is 3.23. The van der Waals surface area contributed by atoms with Gasteiger partial charge in [0.1, 0.15) is 11.5 Å². The number of carboxylic acids is 1. The summed E-state index contributed by atoms with van der Waals surface area (Å²) < 4.78 is 11.1. The summed E-state index contributed by atoms with van der Waals surface area (Å²) in [5, 5.41) is 9.78. The second-order valence-corrected chi connectivity index (χ2v) is 9.42. The number of hydrogen-bond donors (Lipinski definition) is 1. The molecule has 0 fully saturated rings. The molecule has 0 aliphatic rings. The van der Waals surface area contributed by atoms with Crippen molar-refractivity contribution < 1.29 is 24.2 Å². The van der Waals surface area contributed by atoms with Gasteiger partial charge in [0.2, 0.25) is 0 Å². The van der Waals surface area contributed by atoms with Crippen molar-refractivity contribution in [2.45, 2.75) is 19.5 Å². The summed E-state index contributed by atoms with van der Waals surface area (Å²) in [7, 11) is 1.41. The van der Waals surface area contributed by atoms with Crippen LogP contribution in [-0.4, -0.2) is 66.5 Å². The van der Waals surface area contributed by atoms with Crippen LogP contribution in [0.1, 0.15) is 21.5 Å². The molecule has 0 heterocycles. The Bertz CT molecular complexity index is 1190. The number of alkyl halides is 2. The molecule has 1 atom stereocenters. The van der Waals surface area contributed by atoms with Gasteiger partial charge in [0, 0.05) is 49.8 Å². The minimum atomic E-state index is -1.14. The lowest BCUT2D eigenvalue weighted by molar-refractivity contribution is -0.144. The Balaban J connectivity index is 1.78. The van der Waals surface area contributed by atoms with Crippen molar-refractivity contribution in [3.63, 3.8) is 0 Å². The Labute approximate surface area is 233 Å². The number of methoxy groups -OCH3 is 1. The van der Waals surface area contributed by atoms with Crippen LogP contribution < -0.4 is 9.64 Å². The highest BCUT2D eigenvalue weighted by Crippen LogP contribution is 2.29. The zero-order valence-corrected chi connectivity index (χ0v) is 23.0. The number of benzene rings is 3.